The van der Waals surface area contributed by atoms with E-state index in [-0.39, 0.29) is 5.56 Å². The minimum absolute atomic E-state index is 0.00152. The number of nitrogens with zero attached hydrogens (tertiary/aromatic N) is 3. The van der Waals surface area contributed by atoms with Gasteiger partial charge in [0.2, 0.25) is 0 Å². The number of nitrogens with one attached hydrogen (secondary N) is 1. The molecule has 0 aliphatic carbocycles. The third-order valence-electron chi connectivity index (χ3n) is 4.53. The number of aryl methyl sites for hydroxylation is 2. The molecule has 4 rings (SSSR count). The van der Waals surface area contributed by atoms with Crippen molar-refractivity contribution >= 4 is 55.5 Å². The second kappa shape index (κ2) is 9.16. The van der Waals surface area contributed by atoms with Crippen molar-refractivity contribution in [3.63, 3.8) is 0 Å². The molecular weight excluding hydrogens is 432 g/mol. The van der Waals surface area contributed by atoms with Gasteiger partial charge >= 0.3 is 0 Å². The number of thiophene rings is 1. The van der Waals surface area contributed by atoms with Gasteiger partial charge in [0, 0.05) is 28.2 Å². The summed E-state index contributed by atoms with van der Waals surface area (Å²) in [6.45, 7) is 8.40. The van der Waals surface area contributed by atoms with Gasteiger partial charge in [-0.15, -0.1) is 29.3 Å². The van der Waals surface area contributed by atoms with Crippen molar-refractivity contribution in [1.29, 1.82) is 0 Å². The zero-order valence-corrected chi connectivity index (χ0v) is 19.3. The zero-order chi connectivity index (χ0) is 21.1. The van der Waals surface area contributed by atoms with Crippen LogP contribution in [0.2, 0.25) is 0 Å². The Balaban J connectivity index is 1.53. The maximum Gasteiger partial charge on any atom is 0.263 e. The molecule has 3 heterocycles. The maximum absolute atomic E-state index is 13.0. The monoisotopic (exact) mass is 454 g/mol. The molecule has 0 atom stereocenters. The van der Waals surface area contributed by atoms with Gasteiger partial charge in [-0.3, -0.25) is 9.36 Å². The van der Waals surface area contributed by atoms with Crippen LogP contribution in [0, 0.1) is 6.92 Å². The van der Waals surface area contributed by atoms with Crippen LogP contribution in [0.25, 0.3) is 10.2 Å². The highest BCUT2D eigenvalue weighted by molar-refractivity contribution is 7.98. The Bertz CT molecular complexity index is 1240. The molecule has 0 aliphatic rings. The SMILES string of the molecule is C=CCn1c(SCc2csc(Nc3ccc(C)cc3)n2)nc2sc(CC)cc2c1=O. The highest BCUT2D eigenvalue weighted by Gasteiger charge is 2.14. The minimum Gasteiger partial charge on any atom is -0.332 e. The summed E-state index contributed by atoms with van der Waals surface area (Å²) in [5.41, 5.74) is 3.20. The largest absolute Gasteiger partial charge is 0.332 e. The number of aromatic nitrogens is 3. The molecule has 4 aromatic rings. The van der Waals surface area contributed by atoms with Crippen molar-refractivity contribution < 1.29 is 0 Å². The van der Waals surface area contributed by atoms with Crippen molar-refractivity contribution in [2.45, 2.75) is 37.7 Å². The molecule has 5 nitrogen and oxygen atoms in total. The number of benzene rings is 1. The van der Waals surface area contributed by atoms with Crippen LogP contribution >= 0.6 is 34.4 Å². The number of thioether (sulfide) groups is 1. The summed E-state index contributed by atoms with van der Waals surface area (Å²) < 4.78 is 1.70. The summed E-state index contributed by atoms with van der Waals surface area (Å²) in [4.78, 5) is 24.4. The fraction of sp³-hybridized carbons (Fsp3) is 0.227. The van der Waals surface area contributed by atoms with Crippen LogP contribution < -0.4 is 10.9 Å². The van der Waals surface area contributed by atoms with Gasteiger partial charge in [0.1, 0.15) is 4.83 Å². The molecule has 0 saturated heterocycles. The standard InChI is InChI=1S/C22H22N4OS3/c1-4-10-26-20(27)18-11-17(5-2)30-19(18)25-22(26)29-13-16-12-28-21(24-16)23-15-8-6-14(3)7-9-15/h4,6-9,11-12H,1,5,10,13H2,2-3H3,(H,23,24). The van der Waals surface area contributed by atoms with Crippen molar-refractivity contribution in [2.24, 2.45) is 0 Å². The van der Waals surface area contributed by atoms with Crippen LogP contribution in [0.3, 0.4) is 0 Å². The van der Waals surface area contributed by atoms with E-state index in [2.05, 4.69) is 42.9 Å². The third kappa shape index (κ3) is 4.50. The molecule has 154 valence electrons. The molecular formula is C22H22N4OS3. The predicted molar refractivity (Wildman–Crippen MR) is 130 cm³/mol. The van der Waals surface area contributed by atoms with Crippen molar-refractivity contribution in [1.82, 2.24) is 14.5 Å². The van der Waals surface area contributed by atoms with E-state index >= 15 is 0 Å². The molecule has 8 heteroatoms. The third-order valence-corrected chi connectivity index (χ3v) is 7.52. The second-order valence-corrected chi connectivity index (χ2v) is 9.72. The van der Waals surface area contributed by atoms with Gasteiger partial charge in [-0.1, -0.05) is 42.5 Å². The molecule has 0 bridgehead atoms. The fourth-order valence-electron chi connectivity index (χ4n) is 2.95. The van der Waals surface area contributed by atoms with Gasteiger partial charge in [0.15, 0.2) is 10.3 Å². The number of fused-ring (bicyclic) bond motifs is 1. The highest BCUT2D eigenvalue weighted by Crippen LogP contribution is 2.28. The Kier molecular flexibility index (Phi) is 6.36. The number of thiazole rings is 1. The Morgan fingerprint density at radius 1 is 1.27 bits per heavy atom. The normalized spacial score (nSPS) is 11.1. The molecule has 0 amide bonds. The molecule has 30 heavy (non-hydrogen) atoms. The molecule has 1 aromatic carbocycles. The van der Waals surface area contributed by atoms with Gasteiger partial charge < -0.3 is 5.32 Å². The van der Waals surface area contributed by atoms with Crippen LogP contribution in [0.4, 0.5) is 10.8 Å². The molecule has 1 N–H and O–H groups in total. The first-order valence-corrected chi connectivity index (χ1v) is 12.3. The van der Waals surface area contributed by atoms with E-state index in [0.717, 1.165) is 27.8 Å². The van der Waals surface area contributed by atoms with Crippen LogP contribution in [-0.2, 0) is 18.7 Å². The Labute approximate surface area is 187 Å². The van der Waals surface area contributed by atoms with E-state index < -0.39 is 0 Å². The average Bonchev–Trinajstić information content (AvgIpc) is 3.37. The molecule has 3 aromatic heterocycles. The van der Waals surface area contributed by atoms with Gasteiger partial charge in [0.05, 0.1) is 11.1 Å². The number of rotatable bonds is 8. The van der Waals surface area contributed by atoms with E-state index in [9.17, 15) is 4.79 Å². The maximum atomic E-state index is 13.0. The van der Waals surface area contributed by atoms with Gasteiger partial charge in [-0.05, 0) is 31.5 Å². The van der Waals surface area contributed by atoms with E-state index in [1.54, 1.807) is 33.3 Å². The zero-order valence-electron chi connectivity index (χ0n) is 16.8. The summed E-state index contributed by atoms with van der Waals surface area (Å²) in [5, 5.41) is 7.64. The summed E-state index contributed by atoms with van der Waals surface area (Å²) in [6, 6.07) is 10.2. The fourth-order valence-corrected chi connectivity index (χ4v) is 5.70. The van der Waals surface area contributed by atoms with Crippen molar-refractivity contribution in [2.75, 3.05) is 5.32 Å². The lowest BCUT2D eigenvalue weighted by Crippen LogP contribution is -2.22. The predicted octanol–water partition coefficient (Wildman–Crippen LogP) is 6.01. The molecule has 0 fully saturated rings. The summed E-state index contributed by atoms with van der Waals surface area (Å²) in [6.07, 6.45) is 2.64. The first kappa shape index (κ1) is 20.8. The first-order valence-electron chi connectivity index (χ1n) is 9.62. The Morgan fingerprint density at radius 3 is 2.80 bits per heavy atom. The molecule has 0 unspecified atom stereocenters. The number of anilines is 2. The number of hydrogen-bond donors (Lipinski definition) is 1. The molecule has 0 radical (unpaired) electrons. The topological polar surface area (TPSA) is 59.8 Å². The van der Waals surface area contributed by atoms with E-state index in [0.29, 0.717) is 22.8 Å². The van der Waals surface area contributed by atoms with Crippen molar-refractivity contribution in [3.05, 3.63) is 74.9 Å². The van der Waals surface area contributed by atoms with E-state index in [1.165, 1.54) is 22.2 Å². The van der Waals surface area contributed by atoms with Crippen LogP contribution in [0.5, 0.6) is 0 Å². The Hall–Kier alpha value is -2.42. The highest BCUT2D eigenvalue weighted by atomic mass is 32.2. The lowest BCUT2D eigenvalue weighted by atomic mass is 10.2. The summed E-state index contributed by atoms with van der Waals surface area (Å²) in [5.74, 6) is 0.646. The smallest absolute Gasteiger partial charge is 0.263 e. The van der Waals surface area contributed by atoms with Gasteiger partial charge in [-0.25, -0.2) is 9.97 Å². The van der Waals surface area contributed by atoms with Crippen LogP contribution in [0.1, 0.15) is 23.1 Å². The molecule has 0 saturated carbocycles. The minimum atomic E-state index is -0.00152. The summed E-state index contributed by atoms with van der Waals surface area (Å²) in [7, 11) is 0. The summed E-state index contributed by atoms with van der Waals surface area (Å²) >= 11 is 4.70. The molecule has 0 aliphatic heterocycles. The Morgan fingerprint density at radius 2 is 2.07 bits per heavy atom. The number of allylic oxidation sites excluding steroid dienone is 1. The van der Waals surface area contributed by atoms with Gasteiger partial charge in [0.25, 0.3) is 5.56 Å². The second-order valence-electron chi connectivity index (χ2n) is 6.81. The lowest BCUT2D eigenvalue weighted by Gasteiger charge is -2.09. The first-order chi connectivity index (χ1) is 14.6. The van der Waals surface area contributed by atoms with Gasteiger partial charge in [-0.2, -0.15) is 0 Å². The van der Waals surface area contributed by atoms with Crippen LogP contribution in [-0.4, -0.2) is 14.5 Å². The van der Waals surface area contributed by atoms with E-state index in [1.807, 2.05) is 23.6 Å². The van der Waals surface area contributed by atoms with E-state index in [4.69, 9.17) is 4.98 Å². The number of hydrogen-bond acceptors (Lipinski definition) is 7. The van der Waals surface area contributed by atoms with Crippen molar-refractivity contribution in [3.8, 4) is 0 Å². The van der Waals surface area contributed by atoms with Crippen LogP contribution in [0.15, 0.2) is 58.3 Å². The lowest BCUT2D eigenvalue weighted by molar-refractivity contribution is 0.672. The molecule has 0 spiro atoms. The average molecular weight is 455 g/mol. The quantitative estimate of drug-likeness (QED) is 0.201.